The molecule has 0 radical (unpaired) electrons. The van der Waals surface area contributed by atoms with Crippen molar-refractivity contribution in [2.45, 2.75) is 13.8 Å². The molecule has 0 aliphatic rings. The van der Waals surface area contributed by atoms with Gasteiger partial charge in [-0.25, -0.2) is 0 Å². The highest BCUT2D eigenvalue weighted by molar-refractivity contribution is 6.63. The Balaban J connectivity index is 4.44. The first-order valence-corrected chi connectivity index (χ1v) is 3.95. The summed E-state index contributed by atoms with van der Waals surface area (Å²) in [5.74, 6) is -1.37. The summed E-state index contributed by atoms with van der Waals surface area (Å²) in [6, 6.07) is 0. The van der Waals surface area contributed by atoms with E-state index < -0.39 is 17.5 Å². The standard InChI is InChI=1S/C7H12N4O2/c1-3-9-6(12)5(11-8)7(13)10-4-2/h3-4H2,1-2H3,(H,9,12)(H,10,13). The van der Waals surface area contributed by atoms with Gasteiger partial charge in [0.15, 0.2) is 0 Å². The molecule has 6 heteroatoms. The number of rotatable bonds is 4. The van der Waals surface area contributed by atoms with E-state index in [1.807, 2.05) is 0 Å². The van der Waals surface area contributed by atoms with Crippen LogP contribution in [-0.2, 0) is 9.59 Å². The van der Waals surface area contributed by atoms with Crippen LogP contribution in [0.4, 0.5) is 0 Å². The van der Waals surface area contributed by atoms with Gasteiger partial charge in [-0.1, -0.05) is 0 Å². The van der Waals surface area contributed by atoms with E-state index in [1.165, 1.54) is 0 Å². The molecule has 0 aromatic carbocycles. The van der Waals surface area contributed by atoms with E-state index in [2.05, 4.69) is 15.4 Å². The zero-order valence-corrected chi connectivity index (χ0v) is 7.63. The molecule has 0 bridgehead atoms. The topological polar surface area (TPSA) is 94.6 Å². The van der Waals surface area contributed by atoms with Gasteiger partial charge >= 0.3 is 17.5 Å². The maximum Gasteiger partial charge on any atom is 0.442 e. The molecule has 0 heterocycles. The molecule has 0 atom stereocenters. The lowest BCUT2D eigenvalue weighted by Gasteiger charge is -1.97. The van der Waals surface area contributed by atoms with Crippen LogP contribution >= 0.6 is 0 Å². The molecule has 0 spiro atoms. The summed E-state index contributed by atoms with van der Waals surface area (Å²) in [7, 11) is 0. The quantitative estimate of drug-likeness (QED) is 0.252. The Hall–Kier alpha value is -1.68. The second-order valence-electron chi connectivity index (χ2n) is 2.17. The number of carbonyl (C=O) groups excluding carboxylic acids is 2. The predicted molar refractivity (Wildman–Crippen MR) is 46.0 cm³/mol. The van der Waals surface area contributed by atoms with Gasteiger partial charge in [0.2, 0.25) is 0 Å². The monoisotopic (exact) mass is 184 g/mol. The summed E-state index contributed by atoms with van der Waals surface area (Å²) in [6.07, 6.45) is 0. The Morgan fingerprint density at radius 2 is 1.54 bits per heavy atom. The molecule has 0 rings (SSSR count). The van der Waals surface area contributed by atoms with Crippen LogP contribution in [-0.4, -0.2) is 35.4 Å². The van der Waals surface area contributed by atoms with Crippen LogP contribution in [0.15, 0.2) is 0 Å². The first-order valence-electron chi connectivity index (χ1n) is 3.95. The minimum atomic E-state index is -0.684. The van der Waals surface area contributed by atoms with Crippen molar-refractivity contribution in [1.29, 1.82) is 0 Å². The number of amides is 2. The van der Waals surface area contributed by atoms with Gasteiger partial charge in [-0.05, 0) is 13.8 Å². The minimum Gasteiger partial charge on any atom is -0.360 e. The SMILES string of the molecule is CCNC(=O)C(=[N+]=[N-])C(=O)NCC. The summed E-state index contributed by atoms with van der Waals surface area (Å²) >= 11 is 0. The third-order valence-electron chi connectivity index (χ3n) is 1.20. The van der Waals surface area contributed by atoms with Gasteiger partial charge in [0.05, 0.1) is 0 Å². The fraction of sp³-hybridized carbons (Fsp3) is 0.571. The molecule has 2 amide bonds. The highest BCUT2D eigenvalue weighted by Gasteiger charge is 2.27. The summed E-state index contributed by atoms with van der Waals surface area (Å²) in [5.41, 5.74) is 7.86. The molecular formula is C7H12N4O2. The van der Waals surface area contributed by atoms with Gasteiger partial charge in [0.1, 0.15) is 0 Å². The van der Waals surface area contributed by atoms with Crippen molar-refractivity contribution in [3.05, 3.63) is 5.53 Å². The highest BCUT2D eigenvalue weighted by Crippen LogP contribution is 1.74. The summed E-state index contributed by atoms with van der Waals surface area (Å²) in [6.45, 7) is 4.14. The number of hydrogen-bond donors (Lipinski definition) is 2. The molecule has 0 aromatic heterocycles. The molecule has 0 saturated heterocycles. The minimum absolute atomic E-state index is 0.372. The van der Waals surface area contributed by atoms with E-state index in [9.17, 15) is 9.59 Å². The maximum absolute atomic E-state index is 11.0. The van der Waals surface area contributed by atoms with Crippen LogP contribution in [0.1, 0.15) is 13.8 Å². The Kier molecular flexibility index (Phi) is 5.14. The third-order valence-corrected chi connectivity index (χ3v) is 1.20. The van der Waals surface area contributed by atoms with E-state index in [0.29, 0.717) is 13.1 Å². The van der Waals surface area contributed by atoms with Crippen LogP contribution in [0.25, 0.3) is 5.53 Å². The second kappa shape index (κ2) is 5.91. The highest BCUT2D eigenvalue weighted by atomic mass is 16.2. The van der Waals surface area contributed by atoms with Crippen molar-refractivity contribution in [3.63, 3.8) is 0 Å². The Morgan fingerprint density at radius 3 is 1.77 bits per heavy atom. The first-order chi connectivity index (χ1) is 6.17. The summed E-state index contributed by atoms with van der Waals surface area (Å²) < 4.78 is 0. The number of nitrogens with one attached hydrogen (secondary N) is 2. The van der Waals surface area contributed by atoms with Crippen molar-refractivity contribution < 1.29 is 14.4 Å². The number of carbonyl (C=O) groups is 2. The Bertz CT molecular complexity index is 235. The zero-order valence-electron chi connectivity index (χ0n) is 7.63. The zero-order chi connectivity index (χ0) is 10.3. The third kappa shape index (κ3) is 3.48. The molecule has 6 nitrogen and oxygen atoms in total. The second-order valence-corrected chi connectivity index (χ2v) is 2.17. The van der Waals surface area contributed by atoms with Gasteiger partial charge in [-0.2, -0.15) is 4.79 Å². The van der Waals surface area contributed by atoms with E-state index in [0.717, 1.165) is 0 Å². The molecular weight excluding hydrogens is 172 g/mol. The molecule has 0 unspecified atom stereocenters. The molecule has 0 aliphatic carbocycles. The van der Waals surface area contributed by atoms with Gasteiger partial charge in [-0.15, -0.1) is 0 Å². The summed E-state index contributed by atoms with van der Waals surface area (Å²) in [5, 5.41) is 4.69. The maximum atomic E-state index is 11.0. The van der Waals surface area contributed by atoms with Gasteiger partial charge in [0, 0.05) is 13.1 Å². The molecule has 72 valence electrons. The smallest absolute Gasteiger partial charge is 0.360 e. The largest absolute Gasteiger partial charge is 0.442 e. The van der Waals surface area contributed by atoms with Crippen LogP contribution < -0.4 is 10.6 Å². The van der Waals surface area contributed by atoms with Crippen LogP contribution in [0.2, 0.25) is 0 Å². The first kappa shape index (κ1) is 11.3. The molecule has 0 aliphatic heterocycles. The van der Waals surface area contributed by atoms with Crippen molar-refractivity contribution in [2.75, 3.05) is 13.1 Å². The average molecular weight is 184 g/mol. The Morgan fingerprint density at radius 1 is 1.15 bits per heavy atom. The van der Waals surface area contributed by atoms with Crippen LogP contribution in [0, 0.1) is 0 Å². The average Bonchev–Trinajstić information content (AvgIpc) is 2.06. The molecule has 0 saturated carbocycles. The van der Waals surface area contributed by atoms with Gasteiger partial charge < -0.3 is 16.2 Å². The molecule has 13 heavy (non-hydrogen) atoms. The van der Waals surface area contributed by atoms with Crippen LogP contribution in [0.5, 0.6) is 0 Å². The number of hydrogen-bond acceptors (Lipinski definition) is 2. The van der Waals surface area contributed by atoms with E-state index in [1.54, 1.807) is 13.8 Å². The van der Waals surface area contributed by atoms with Crippen molar-refractivity contribution in [3.8, 4) is 0 Å². The lowest BCUT2D eigenvalue weighted by Crippen LogP contribution is -2.42. The molecule has 0 fully saturated rings. The lowest BCUT2D eigenvalue weighted by molar-refractivity contribution is -0.126. The van der Waals surface area contributed by atoms with Gasteiger partial charge in [0.25, 0.3) is 0 Å². The van der Waals surface area contributed by atoms with E-state index in [4.69, 9.17) is 5.53 Å². The fourth-order valence-corrected chi connectivity index (χ4v) is 0.682. The number of nitrogens with zero attached hydrogens (tertiary/aromatic N) is 2. The van der Waals surface area contributed by atoms with Crippen molar-refractivity contribution in [2.24, 2.45) is 0 Å². The summed E-state index contributed by atoms with van der Waals surface area (Å²) in [4.78, 5) is 24.7. The molecule has 2 N–H and O–H groups in total. The van der Waals surface area contributed by atoms with Crippen molar-refractivity contribution in [1.82, 2.24) is 10.6 Å². The van der Waals surface area contributed by atoms with Crippen LogP contribution in [0.3, 0.4) is 0 Å². The van der Waals surface area contributed by atoms with E-state index in [-0.39, 0.29) is 0 Å². The predicted octanol–water partition coefficient (Wildman–Crippen LogP) is -1.07. The lowest BCUT2D eigenvalue weighted by atomic mass is 10.3. The van der Waals surface area contributed by atoms with Gasteiger partial charge in [-0.3, -0.25) is 9.59 Å². The Labute approximate surface area is 75.9 Å². The fourth-order valence-electron chi connectivity index (χ4n) is 0.682. The normalized spacial score (nSPS) is 8.46. The molecule has 0 aromatic rings. The van der Waals surface area contributed by atoms with Crippen molar-refractivity contribution >= 4 is 17.5 Å². The van der Waals surface area contributed by atoms with E-state index >= 15 is 0 Å².